The number of piperazine rings is 1. The molecule has 0 unspecified atom stereocenters. The van der Waals surface area contributed by atoms with Crippen LogP contribution in [0.4, 0.5) is 0 Å². The molecule has 0 aliphatic carbocycles. The minimum absolute atomic E-state index is 0.345. The highest BCUT2D eigenvalue weighted by Crippen LogP contribution is 2.22. The molecule has 1 N–H and O–H groups in total. The van der Waals surface area contributed by atoms with Crippen LogP contribution in [0.1, 0.15) is 26.7 Å². The maximum absolute atomic E-state index is 3.44. The SMILES string of the molecule is CN1CCN(CCSC2CCNCC2)CC1(C)C. The minimum atomic E-state index is 0.345. The number of nitrogens with zero attached hydrogens (tertiary/aromatic N) is 2. The Balaban J connectivity index is 1.64. The second kappa shape index (κ2) is 6.60. The molecule has 0 radical (unpaired) electrons. The van der Waals surface area contributed by atoms with Gasteiger partial charge in [-0.15, -0.1) is 0 Å². The monoisotopic (exact) mass is 271 g/mol. The average molecular weight is 271 g/mol. The van der Waals surface area contributed by atoms with Gasteiger partial charge in [-0.25, -0.2) is 0 Å². The summed E-state index contributed by atoms with van der Waals surface area (Å²) in [6.45, 7) is 12.1. The lowest BCUT2D eigenvalue weighted by Crippen LogP contribution is -2.57. The quantitative estimate of drug-likeness (QED) is 0.835. The Morgan fingerprint density at radius 1 is 1.22 bits per heavy atom. The Kier molecular flexibility index (Phi) is 5.36. The van der Waals surface area contributed by atoms with E-state index in [0.717, 1.165) is 5.25 Å². The molecule has 0 atom stereocenters. The van der Waals surface area contributed by atoms with E-state index in [1.165, 1.54) is 57.9 Å². The fraction of sp³-hybridized carbons (Fsp3) is 1.00. The van der Waals surface area contributed by atoms with E-state index in [9.17, 15) is 0 Å². The average Bonchev–Trinajstić information content (AvgIpc) is 2.35. The van der Waals surface area contributed by atoms with Gasteiger partial charge in [0, 0.05) is 42.7 Å². The molecule has 2 rings (SSSR count). The van der Waals surface area contributed by atoms with E-state index in [4.69, 9.17) is 0 Å². The number of rotatable bonds is 4. The van der Waals surface area contributed by atoms with Gasteiger partial charge in [0.05, 0.1) is 0 Å². The molecule has 4 heteroatoms. The van der Waals surface area contributed by atoms with Crippen molar-refractivity contribution in [2.24, 2.45) is 0 Å². The Labute approximate surface area is 117 Å². The van der Waals surface area contributed by atoms with E-state index in [2.05, 4.69) is 47.8 Å². The van der Waals surface area contributed by atoms with Crippen molar-refractivity contribution in [1.29, 1.82) is 0 Å². The highest BCUT2D eigenvalue weighted by molar-refractivity contribution is 7.99. The molecule has 0 amide bonds. The predicted octanol–water partition coefficient (Wildman–Crippen LogP) is 1.50. The van der Waals surface area contributed by atoms with Crippen LogP contribution >= 0.6 is 11.8 Å². The van der Waals surface area contributed by atoms with Gasteiger partial charge in [0.15, 0.2) is 0 Å². The summed E-state index contributed by atoms with van der Waals surface area (Å²) in [4.78, 5) is 5.14. The summed E-state index contributed by atoms with van der Waals surface area (Å²) >= 11 is 2.20. The third-order valence-corrected chi connectivity index (χ3v) is 5.80. The number of hydrogen-bond donors (Lipinski definition) is 1. The lowest BCUT2D eigenvalue weighted by molar-refractivity contribution is 0.0436. The fourth-order valence-corrected chi connectivity index (χ4v) is 4.11. The van der Waals surface area contributed by atoms with Crippen LogP contribution in [0.5, 0.6) is 0 Å². The van der Waals surface area contributed by atoms with Gasteiger partial charge in [0.2, 0.25) is 0 Å². The van der Waals surface area contributed by atoms with E-state index in [1.807, 2.05) is 0 Å². The second-order valence-corrected chi connectivity index (χ2v) is 7.74. The van der Waals surface area contributed by atoms with Crippen molar-refractivity contribution in [1.82, 2.24) is 15.1 Å². The molecule has 2 fully saturated rings. The molecule has 0 aromatic carbocycles. The topological polar surface area (TPSA) is 18.5 Å². The molecule has 106 valence electrons. The normalized spacial score (nSPS) is 27.5. The van der Waals surface area contributed by atoms with Crippen molar-refractivity contribution in [3.63, 3.8) is 0 Å². The van der Waals surface area contributed by atoms with Gasteiger partial charge in [-0.3, -0.25) is 9.80 Å². The first kappa shape index (κ1) is 14.6. The van der Waals surface area contributed by atoms with Crippen molar-refractivity contribution in [3.05, 3.63) is 0 Å². The first-order valence-corrected chi connectivity index (χ1v) is 8.39. The van der Waals surface area contributed by atoms with Crippen LogP contribution in [0.2, 0.25) is 0 Å². The standard InChI is InChI=1S/C14H29N3S/c1-14(2)12-17(9-8-16(14)3)10-11-18-13-4-6-15-7-5-13/h13,15H,4-12H2,1-3H3. The number of nitrogens with one attached hydrogen (secondary N) is 1. The lowest BCUT2D eigenvalue weighted by atomic mass is 10.00. The van der Waals surface area contributed by atoms with E-state index in [-0.39, 0.29) is 0 Å². The summed E-state index contributed by atoms with van der Waals surface area (Å²) < 4.78 is 0. The summed E-state index contributed by atoms with van der Waals surface area (Å²) in [5.41, 5.74) is 0.345. The summed E-state index contributed by atoms with van der Waals surface area (Å²) in [5, 5.41) is 4.35. The summed E-state index contributed by atoms with van der Waals surface area (Å²) in [7, 11) is 2.25. The van der Waals surface area contributed by atoms with Crippen molar-refractivity contribution in [2.75, 3.05) is 52.1 Å². The van der Waals surface area contributed by atoms with Crippen LogP contribution in [0.3, 0.4) is 0 Å². The zero-order valence-electron chi connectivity index (χ0n) is 12.2. The van der Waals surface area contributed by atoms with E-state index >= 15 is 0 Å². The maximum atomic E-state index is 3.44. The van der Waals surface area contributed by atoms with Gasteiger partial charge < -0.3 is 5.32 Å². The maximum Gasteiger partial charge on any atom is 0.0277 e. The Hall–Kier alpha value is 0.230. The Morgan fingerprint density at radius 2 is 1.94 bits per heavy atom. The molecule has 2 aliphatic rings. The van der Waals surface area contributed by atoms with Crippen LogP contribution < -0.4 is 5.32 Å². The van der Waals surface area contributed by atoms with Crippen molar-refractivity contribution in [3.8, 4) is 0 Å². The van der Waals surface area contributed by atoms with Crippen LogP contribution in [-0.4, -0.2) is 72.7 Å². The molecule has 2 aliphatic heterocycles. The first-order chi connectivity index (χ1) is 8.58. The molecule has 0 aromatic heterocycles. The lowest BCUT2D eigenvalue weighted by Gasteiger charge is -2.45. The molecule has 0 bridgehead atoms. The summed E-state index contributed by atoms with van der Waals surface area (Å²) in [6, 6.07) is 0. The van der Waals surface area contributed by atoms with Gasteiger partial charge in [0.1, 0.15) is 0 Å². The second-order valence-electron chi connectivity index (χ2n) is 6.33. The Bertz CT molecular complexity index is 251. The van der Waals surface area contributed by atoms with Gasteiger partial charge >= 0.3 is 0 Å². The third-order valence-electron chi connectivity index (χ3n) is 4.44. The van der Waals surface area contributed by atoms with Crippen molar-refractivity contribution >= 4 is 11.8 Å². The van der Waals surface area contributed by atoms with Gasteiger partial charge in [-0.1, -0.05) is 0 Å². The van der Waals surface area contributed by atoms with E-state index in [0.29, 0.717) is 5.54 Å². The number of thioether (sulfide) groups is 1. The molecule has 0 spiro atoms. The molecule has 2 heterocycles. The largest absolute Gasteiger partial charge is 0.317 e. The summed E-state index contributed by atoms with van der Waals surface area (Å²) in [6.07, 6.45) is 2.72. The van der Waals surface area contributed by atoms with Crippen molar-refractivity contribution in [2.45, 2.75) is 37.5 Å². The Morgan fingerprint density at radius 3 is 2.61 bits per heavy atom. The minimum Gasteiger partial charge on any atom is -0.317 e. The molecular formula is C14H29N3S. The molecule has 18 heavy (non-hydrogen) atoms. The molecule has 0 aromatic rings. The smallest absolute Gasteiger partial charge is 0.0277 e. The molecule has 0 saturated carbocycles. The van der Waals surface area contributed by atoms with Crippen LogP contribution in [0.25, 0.3) is 0 Å². The third kappa shape index (κ3) is 4.12. The molecule has 3 nitrogen and oxygen atoms in total. The van der Waals surface area contributed by atoms with Gasteiger partial charge in [0.25, 0.3) is 0 Å². The zero-order chi connectivity index (χ0) is 13.0. The molecular weight excluding hydrogens is 242 g/mol. The van der Waals surface area contributed by atoms with E-state index in [1.54, 1.807) is 0 Å². The first-order valence-electron chi connectivity index (χ1n) is 7.34. The summed E-state index contributed by atoms with van der Waals surface area (Å²) in [5.74, 6) is 1.31. The van der Waals surface area contributed by atoms with Gasteiger partial charge in [-0.05, 0) is 46.8 Å². The van der Waals surface area contributed by atoms with Crippen LogP contribution in [0, 0.1) is 0 Å². The highest BCUT2D eigenvalue weighted by atomic mass is 32.2. The van der Waals surface area contributed by atoms with Crippen LogP contribution in [-0.2, 0) is 0 Å². The highest BCUT2D eigenvalue weighted by Gasteiger charge is 2.30. The fourth-order valence-electron chi connectivity index (χ4n) is 2.84. The number of likely N-dealkylation sites (N-methyl/N-ethyl adjacent to an activating group) is 1. The van der Waals surface area contributed by atoms with E-state index < -0.39 is 0 Å². The number of piperidine rings is 1. The predicted molar refractivity (Wildman–Crippen MR) is 81.5 cm³/mol. The molecule has 2 saturated heterocycles. The van der Waals surface area contributed by atoms with Crippen LogP contribution in [0.15, 0.2) is 0 Å². The van der Waals surface area contributed by atoms with Gasteiger partial charge in [-0.2, -0.15) is 11.8 Å². The number of hydrogen-bond acceptors (Lipinski definition) is 4. The zero-order valence-corrected chi connectivity index (χ0v) is 13.1. The van der Waals surface area contributed by atoms with Crippen molar-refractivity contribution < 1.29 is 0 Å².